The van der Waals surface area contributed by atoms with Crippen LogP contribution in [0.5, 0.6) is 0 Å². The summed E-state index contributed by atoms with van der Waals surface area (Å²) in [6.45, 7) is 2.63. The third kappa shape index (κ3) is 4.32. The molecule has 0 bridgehead atoms. The Morgan fingerprint density at radius 1 is 1.04 bits per heavy atom. The van der Waals surface area contributed by atoms with Gasteiger partial charge in [-0.3, -0.25) is 9.59 Å². The van der Waals surface area contributed by atoms with Crippen LogP contribution in [0.15, 0.2) is 53.6 Å². The topological polar surface area (TPSA) is 99.7 Å². The summed E-state index contributed by atoms with van der Waals surface area (Å²) in [5.41, 5.74) is 0.226. The third-order valence-electron chi connectivity index (χ3n) is 4.32. The van der Waals surface area contributed by atoms with Gasteiger partial charge in [0.25, 0.3) is 5.91 Å². The summed E-state index contributed by atoms with van der Waals surface area (Å²) < 4.78 is 27.1. The molecule has 0 aliphatic carbocycles. The fourth-order valence-electron chi connectivity index (χ4n) is 2.82. The third-order valence-corrected chi connectivity index (χ3v) is 6.22. The largest absolute Gasteiger partial charge is 0.340 e. The summed E-state index contributed by atoms with van der Waals surface area (Å²) in [6.07, 6.45) is 1.55. The van der Waals surface area contributed by atoms with E-state index in [1.807, 2.05) is 0 Å². The van der Waals surface area contributed by atoms with Crippen molar-refractivity contribution in [3.63, 3.8) is 0 Å². The highest BCUT2D eigenvalue weighted by Gasteiger charge is 2.29. The average Bonchev–Trinajstić information content (AvgIpc) is 2.69. The summed E-state index contributed by atoms with van der Waals surface area (Å²) in [5.74, 6) is -0.122. The quantitative estimate of drug-likeness (QED) is 0.848. The van der Waals surface area contributed by atoms with Gasteiger partial charge in [0.1, 0.15) is 5.82 Å². The number of nitrogens with zero attached hydrogens (tertiary/aromatic N) is 3. The van der Waals surface area contributed by atoms with E-state index in [1.54, 1.807) is 35.4 Å². The first kappa shape index (κ1) is 19.0. The number of hydrogen-bond acceptors (Lipinski definition) is 5. The second kappa shape index (κ2) is 7.85. The molecule has 0 saturated carbocycles. The predicted octanol–water partition coefficient (Wildman–Crippen LogP) is 1.19. The molecule has 1 fully saturated rings. The lowest BCUT2D eigenvalue weighted by atomic mass is 10.2. The molecule has 1 aliphatic heterocycles. The Bertz CT molecular complexity index is 939. The van der Waals surface area contributed by atoms with Crippen LogP contribution in [0.2, 0.25) is 0 Å². The van der Waals surface area contributed by atoms with E-state index in [1.165, 1.54) is 29.4 Å². The van der Waals surface area contributed by atoms with Crippen LogP contribution in [-0.2, 0) is 14.8 Å². The van der Waals surface area contributed by atoms with Gasteiger partial charge in [0.2, 0.25) is 15.9 Å². The molecule has 27 heavy (non-hydrogen) atoms. The fraction of sp³-hybridized carbons (Fsp3) is 0.278. The molecule has 1 aromatic carbocycles. The number of anilines is 1. The number of amides is 2. The molecule has 2 amide bonds. The first-order valence-corrected chi connectivity index (χ1v) is 9.90. The van der Waals surface area contributed by atoms with Crippen LogP contribution in [0.1, 0.15) is 17.3 Å². The average molecular weight is 388 g/mol. The lowest BCUT2D eigenvalue weighted by molar-refractivity contribution is -0.129. The van der Waals surface area contributed by atoms with E-state index in [-0.39, 0.29) is 29.5 Å². The van der Waals surface area contributed by atoms with E-state index in [4.69, 9.17) is 0 Å². The molecular weight excluding hydrogens is 368 g/mol. The van der Waals surface area contributed by atoms with Crippen LogP contribution in [0, 0.1) is 0 Å². The van der Waals surface area contributed by atoms with Gasteiger partial charge in [-0.1, -0.05) is 12.1 Å². The number of benzene rings is 1. The zero-order chi connectivity index (χ0) is 19.4. The van der Waals surface area contributed by atoms with Crippen LogP contribution < -0.4 is 5.32 Å². The number of sulfonamides is 1. The maximum absolute atomic E-state index is 12.9. The predicted molar refractivity (Wildman–Crippen MR) is 99.6 cm³/mol. The van der Waals surface area contributed by atoms with Gasteiger partial charge >= 0.3 is 0 Å². The molecular formula is C18H20N4O4S. The van der Waals surface area contributed by atoms with Crippen molar-refractivity contribution >= 4 is 27.7 Å². The lowest BCUT2D eigenvalue weighted by Gasteiger charge is -2.33. The smallest absolute Gasteiger partial charge is 0.256 e. The molecule has 1 aromatic heterocycles. The Balaban J connectivity index is 1.76. The normalized spacial score (nSPS) is 15.4. The molecule has 0 radical (unpaired) electrons. The number of hydrogen-bond donors (Lipinski definition) is 1. The Kier molecular flexibility index (Phi) is 5.52. The van der Waals surface area contributed by atoms with Gasteiger partial charge in [-0.2, -0.15) is 4.31 Å². The van der Waals surface area contributed by atoms with Crippen molar-refractivity contribution in [2.75, 3.05) is 31.5 Å². The Morgan fingerprint density at radius 2 is 1.78 bits per heavy atom. The van der Waals surface area contributed by atoms with E-state index in [0.717, 1.165) is 0 Å². The zero-order valence-corrected chi connectivity index (χ0v) is 15.6. The fourth-order valence-corrected chi connectivity index (χ4v) is 4.28. The van der Waals surface area contributed by atoms with E-state index < -0.39 is 15.9 Å². The molecule has 0 unspecified atom stereocenters. The molecule has 2 aromatic rings. The van der Waals surface area contributed by atoms with E-state index >= 15 is 0 Å². The molecule has 9 heteroatoms. The van der Waals surface area contributed by atoms with Crippen LogP contribution >= 0.6 is 0 Å². The lowest BCUT2D eigenvalue weighted by Crippen LogP contribution is -2.49. The highest BCUT2D eigenvalue weighted by molar-refractivity contribution is 7.89. The molecule has 0 spiro atoms. The molecule has 1 saturated heterocycles. The second-order valence-electron chi connectivity index (χ2n) is 6.11. The van der Waals surface area contributed by atoms with Gasteiger partial charge in [0, 0.05) is 44.9 Å². The van der Waals surface area contributed by atoms with E-state index in [2.05, 4.69) is 10.3 Å². The van der Waals surface area contributed by atoms with Crippen molar-refractivity contribution in [3.05, 3.63) is 54.2 Å². The Morgan fingerprint density at radius 3 is 2.41 bits per heavy atom. The Hall–Kier alpha value is -2.78. The van der Waals surface area contributed by atoms with Crippen LogP contribution in [0.4, 0.5) is 5.82 Å². The summed E-state index contributed by atoms with van der Waals surface area (Å²) in [5, 5.41) is 2.63. The standard InChI is InChI=1S/C18H20N4O4S/c1-14(23)21-9-11-22(12-10-21)27(25,26)16-6-4-5-15(13-16)18(24)20-17-7-2-3-8-19-17/h2-8,13H,9-12H2,1H3,(H,19,20,24). The van der Waals surface area contributed by atoms with Crippen LogP contribution in [0.3, 0.4) is 0 Å². The number of piperazine rings is 1. The van der Waals surface area contributed by atoms with Gasteiger partial charge < -0.3 is 10.2 Å². The van der Waals surface area contributed by atoms with Gasteiger partial charge in [-0.25, -0.2) is 13.4 Å². The van der Waals surface area contributed by atoms with Gasteiger partial charge in [-0.15, -0.1) is 0 Å². The van der Waals surface area contributed by atoms with Crippen molar-refractivity contribution in [3.8, 4) is 0 Å². The van der Waals surface area contributed by atoms with Crippen LogP contribution in [0.25, 0.3) is 0 Å². The molecule has 3 rings (SSSR count). The minimum absolute atomic E-state index is 0.0486. The van der Waals surface area contributed by atoms with Crippen LogP contribution in [-0.4, -0.2) is 60.6 Å². The molecule has 0 atom stereocenters. The summed E-state index contributed by atoms with van der Waals surface area (Å²) >= 11 is 0. The van der Waals surface area contributed by atoms with Crippen molar-refractivity contribution in [1.29, 1.82) is 0 Å². The first-order valence-electron chi connectivity index (χ1n) is 8.46. The monoisotopic (exact) mass is 388 g/mol. The molecule has 1 aliphatic rings. The van der Waals surface area contributed by atoms with Gasteiger partial charge in [0.05, 0.1) is 4.90 Å². The number of carbonyl (C=O) groups excluding carboxylic acids is 2. The minimum Gasteiger partial charge on any atom is -0.340 e. The van der Waals surface area contributed by atoms with Crippen molar-refractivity contribution < 1.29 is 18.0 Å². The summed E-state index contributed by atoms with van der Waals surface area (Å²) in [7, 11) is -3.74. The van der Waals surface area contributed by atoms with Crippen molar-refractivity contribution in [1.82, 2.24) is 14.2 Å². The van der Waals surface area contributed by atoms with Gasteiger partial charge in [-0.05, 0) is 30.3 Å². The van der Waals surface area contributed by atoms with E-state index in [0.29, 0.717) is 18.9 Å². The maximum atomic E-state index is 12.9. The maximum Gasteiger partial charge on any atom is 0.256 e. The number of pyridine rings is 1. The van der Waals surface area contributed by atoms with Crippen molar-refractivity contribution in [2.24, 2.45) is 0 Å². The van der Waals surface area contributed by atoms with Crippen molar-refractivity contribution in [2.45, 2.75) is 11.8 Å². The zero-order valence-electron chi connectivity index (χ0n) is 14.8. The highest BCUT2D eigenvalue weighted by Crippen LogP contribution is 2.19. The minimum atomic E-state index is -3.74. The number of aromatic nitrogens is 1. The first-order chi connectivity index (χ1) is 12.9. The van der Waals surface area contributed by atoms with Gasteiger partial charge in [0.15, 0.2) is 0 Å². The summed E-state index contributed by atoms with van der Waals surface area (Å²) in [4.78, 5) is 29.5. The Labute approximate surface area is 157 Å². The highest BCUT2D eigenvalue weighted by atomic mass is 32.2. The summed E-state index contributed by atoms with van der Waals surface area (Å²) in [6, 6.07) is 11.0. The van der Waals surface area contributed by atoms with E-state index in [9.17, 15) is 18.0 Å². The number of carbonyl (C=O) groups is 2. The molecule has 1 N–H and O–H groups in total. The molecule has 8 nitrogen and oxygen atoms in total. The molecule has 142 valence electrons. The number of nitrogens with one attached hydrogen (secondary N) is 1. The molecule has 2 heterocycles. The second-order valence-corrected chi connectivity index (χ2v) is 8.05. The SMILES string of the molecule is CC(=O)N1CCN(S(=O)(=O)c2cccc(C(=O)Nc3ccccn3)c2)CC1. The number of rotatable bonds is 4.